The molecule has 1 saturated carbocycles. The van der Waals surface area contributed by atoms with Gasteiger partial charge in [-0.2, -0.15) is 5.10 Å². The molecule has 7 heteroatoms. The first kappa shape index (κ1) is 15.5. The fourth-order valence-corrected chi connectivity index (χ4v) is 4.67. The van der Waals surface area contributed by atoms with Crippen molar-refractivity contribution in [1.82, 2.24) is 14.5 Å². The van der Waals surface area contributed by atoms with Crippen LogP contribution in [0.3, 0.4) is 0 Å². The molecule has 20 heavy (non-hydrogen) atoms. The Morgan fingerprint density at radius 1 is 1.40 bits per heavy atom. The molecule has 2 atom stereocenters. The average molecular weight is 301 g/mol. The van der Waals surface area contributed by atoms with Crippen LogP contribution in [0, 0.1) is 19.8 Å². The second-order valence-corrected chi connectivity index (χ2v) is 7.33. The Hall–Kier alpha value is -0.920. The molecule has 0 amide bonds. The quantitative estimate of drug-likeness (QED) is 0.848. The number of aliphatic hydroxyl groups excluding tert-OH is 1. The van der Waals surface area contributed by atoms with E-state index in [4.69, 9.17) is 5.11 Å². The van der Waals surface area contributed by atoms with Crippen molar-refractivity contribution in [2.45, 2.75) is 57.5 Å². The second-order valence-electron chi connectivity index (χ2n) is 5.68. The first-order valence-corrected chi connectivity index (χ1v) is 8.50. The molecule has 1 fully saturated rings. The Kier molecular flexibility index (Phi) is 4.51. The van der Waals surface area contributed by atoms with Crippen molar-refractivity contribution in [1.29, 1.82) is 0 Å². The maximum Gasteiger partial charge on any atom is 0.244 e. The van der Waals surface area contributed by atoms with Crippen LogP contribution in [0.2, 0.25) is 0 Å². The molecular weight excluding hydrogens is 278 g/mol. The van der Waals surface area contributed by atoms with Crippen LogP contribution < -0.4 is 4.72 Å². The van der Waals surface area contributed by atoms with E-state index >= 15 is 0 Å². The number of rotatable bonds is 5. The molecule has 0 bridgehead atoms. The van der Waals surface area contributed by atoms with Crippen molar-refractivity contribution in [2.75, 3.05) is 6.61 Å². The predicted octanol–water partition coefficient (Wildman–Crippen LogP) is 0.959. The molecule has 2 rings (SSSR count). The summed E-state index contributed by atoms with van der Waals surface area (Å²) in [5.41, 5.74) is 1.06. The molecule has 0 aromatic carbocycles. The first-order chi connectivity index (χ1) is 9.35. The lowest BCUT2D eigenvalue weighted by Crippen LogP contribution is -2.33. The van der Waals surface area contributed by atoms with Crippen molar-refractivity contribution >= 4 is 10.0 Å². The van der Waals surface area contributed by atoms with E-state index < -0.39 is 10.0 Å². The molecule has 0 aliphatic heterocycles. The lowest BCUT2D eigenvalue weighted by atomic mass is 10.1. The van der Waals surface area contributed by atoms with E-state index in [1.807, 2.05) is 0 Å². The zero-order valence-corrected chi connectivity index (χ0v) is 13.1. The molecule has 0 radical (unpaired) electrons. The number of nitrogens with zero attached hydrogens (tertiary/aromatic N) is 2. The smallest absolute Gasteiger partial charge is 0.244 e. The number of hydrogen-bond acceptors (Lipinski definition) is 4. The highest BCUT2D eigenvalue weighted by Crippen LogP contribution is 2.27. The molecular formula is C13H23N3O3S. The summed E-state index contributed by atoms with van der Waals surface area (Å²) in [6.07, 6.45) is 2.85. The Labute approximate surface area is 120 Å². The molecule has 1 aliphatic carbocycles. The van der Waals surface area contributed by atoms with Gasteiger partial charge in [0.05, 0.1) is 24.5 Å². The zero-order chi connectivity index (χ0) is 14.9. The van der Waals surface area contributed by atoms with E-state index in [2.05, 4.69) is 16.7 Å². The van der Waals surface area contributed by atoms with Crippen LogP contribution in [0.4, 0.5) is 0 Å². The number of hydrogen-bond donors (Lipinski definition) is 2. The molecule has 2 unspecified atom stereocenters. The molecule has 6 nitrogen and oxygen atoms in total. The summed E-state index contributed by atoms with van der Waals surface area (Å²) in [5.74, 6) is 0.571. The van der Waals surface area contributed by atoms with Crippen molar-refractivity contribution < 1.29 is 13.5 Å². The Bertz CT molecular complexity index is 580. The highest BCUT2D eigenvalue weighted by molar-refractivity contribution is 7.89. The van der Waals surface area contributed by atoms with Gasteiger partial charge in [-0.25, -0.2) is 13.1 Å². The normalized spacial score (nSPS) is 23.4. The minimum absolute atomic E-state index is 0.0231. The third-order valence-electron chi connectivity index (χ3n) is 3.91. The van der Waals surface area contributed by atoms with Gasteiger partial charge in [-0.3, -0.25) is 4.68 Å². The van der Waals surface area contributed by atoms with Crippen LogP contribution in [0.5, 0.6) is 0 Å². The molecule has 1 heterocycles. The largest absolute Gasteiger partial charge is 0.394 e. The fraction of sp³-hybridized carbons (Fsp3) is 0.769. The van der Waals surface area contributed by atoms with Gasteiger partial charge in [0.1, 0.15) is 4.90 Å². The third kappa shape index (κ3) is 3.05. The van der Waals surface area contributed by atoms with Crippen molar-refractivity contribution in [3.8, 4) is 0 Å². The highest BCUT2D eigenvalue weighted by atomic mass is 32.2. The molecule has 1 aliphatic rings. The van der Waals surface area contributed by atoms with Gasteiger partial charge in [0, 0.05) is 6.04 Å². The number of sulfonamides is 1. The number of aromatic nitrogens is 2. The van der Waals surface area contributed by atoms with Gasteiger partial charge in [0.25, 0.3) is 0 Å². The monoisotopic (exact) mass is 301 g/mol. The summed E-state index contributed by atoms with van der Waals surface area (Å²) in [6.45, 7) is 5.80. The molecule has 114 valence electrons. The van der Waals surface area contributed by atoms with Gasteiger partial charge < -0.3 is 5.11 Å². The lowest BCUT2D eigenvalue weighted by Gasteiger charge is -2.13. The molecule has 0 saturated heterocycles. The van der Waals surface area contributed by atoms with Crippen LogP contribution in [-0.2, 0) is 16.6 Å². The van der Waals surface area contributed by atoms with Crippen LogP contribution in [-0.4, -0.2) is 36.0 Å². The van der Waals surface area contributed by atoms with E-state index in [9.17, 15) is 8.42 Å². The third-order valence-corrected chi connectivity index (χ3v) is 5.68. The van der Waals surface area contributed by atoms with Gasteiger partial charge in [-0.1, -0.05) is 6.92 Å². The second kappa shape index (κ2) is 5.83. The van der Waals surface area contributed by atoms with Gasteiger partial charge in [-0.05, 0) is 39.0 Å². The maximum atomic E-state index is 12.5. The standard InChI is InChI=1S/C13H23N3O3S/c1-9-4-5-12(8-9)15-20(18,19)13-10(2)14-16(6-7-17)11(13)3/h9,12,15,17H,4-8H2,1-3H3. The zero-order valence-electron chi connectivity index (χ0n) is 12.3. The summed E-state index contributed by atoms with van der Waals surface area (Å²) in [7, 11) is -3.54. The minimum atomic E-state index is -3.54. The Balaban J connectivity index is 2.25. The van der Waals surface area contributed by atoms with E-state index in [1.54, 1.807) is 18.5 Å². The van der Waals surface area contributed by atoms with Gasteiger partial charge in [0.15, 0.2) is 0 Å². The summed E-state index contributed by atoms with van der Waals surface area (Å²) >= 11 is 0. The fourth-order valence-electron chi connectivity index (χ4n) is 2.97. The van der Waals surface area contributed by atoms with Crippen molar-refractivity contribution in [2.24, 2.45) is 5.92 Å². The summed E-state index contributed by atoms with van der Waals surface area (Å²) in [6, 6.07) is 0.0231. The predicted molar refractivity (Wildman–Crippen MR) is 75.9 cm³/mol. The topological polar surface area (TPSA) is 84.2 Å². The van der Waals surface area contributed by atoms with Gasteiger partial charge in [-0.15, -0.1) is 0 Å². The Morgan fingerprint density at radius 2 is 2.10 bits per heavy atom. The maximum absolute atomic E-state index is 12.5. The van der Waals surface area contributed by atoms with Crippen molar-refractivity contribution in [3.05, 3.63) is 11.4 Å². The van der Waals surface area contributed by atoms with Gasteiger partial charge >= 0.3 is 0 Å². The summed E-state index contributed by atoms with van der Waals surface area (Å²) in [4.78, 5) is 0.255. The minimum Gasteiger partial charge on any atom is -0.394 e. The lowest BCUT2D eigenvalue weighted by molar-refractivity contribution is 0.267. The number of nitrogens with one attached hydrogen (secondary N) is 1. The highest BCUT2D eigenvalue weighted by Gasteiger charge is 2.30. The van der Waals surface area contributed by atoms with Crippen molar-refractivity contribution in [3.63, 3.8) is 0 Å². The molecule has 1 aromatic heterocycles. The Morgan fingerprint density at radius 3 is 2.65 bits per heavy atom. The van der Waals surface area contributed by atoms with Crippen LogP contribution in [0.15, 0.2) is 4.90 Å². The van der Waals surface area contributed by atoms with Gasteiger partial charge in [0.2, 0.25) is 10.0 Å². The van der Waals surface area contributed by atoms with Crippen LogP contribution in [0.25, 0.3) is 0 Å². The molecule has 0 spiro atoms. The summed E-state index contributed by atoms with van der Waals surface area (Å²) < 4.78 is 29.4. The molecule has 2 N–H and O–H groups in total. The summed E-state index contributed by atoms with van der Waals surface area (Å²) in [5, 5.41) is 13.2. The van der Waals surface area contributed by atoms with E-state index in [0.717, 1.165) is 19.3 Å². The SMILES string of the molecule is Cc1nn(CCO)c(C)c1S(=O)(=O)NC1CCC(C)C1. The number of aliphatic hydroxyl groups is 1. The van der Waals surface area contributed by atoms with Crippen LogP contribution >= 0.6 is 0 Å². The van der Waals surface area contributed by atoms with E-state index in [-0.39, 0.29) is 17.5 Å². The molecule has 1 aromatic rings. The first-order valence-electron chi connectivity index (χ1n) is 7.02. The van der Waals surface area contributed by atoms with E-state index in [1.165, 1.54) is 0 Å². The average Bonchev–Trinajstić information content (AvgIpc) is 2.84. The number of aryl methyl sites for hydroxylation is 1. The van der Waals surface area contributed by atoms with E-state index in [0.29, 0.717) is 23.9 Å². The van der Waals surface area contributed by atoms with Crippen LogP contribution in [0.1, 0.15) is 37.6 Å².